The summed E-state index contributed by atoms with van der Waals surface area (Å²) in [5.41, 5.74) is 4.96. The van der Waals surface area contributed by atoms with E-state index in [2.05, 4.69) is 12.1 Å². The van der Waals surface area contributed by atoms with E-state index in [1.54, 1.807) is 4.90 Å². The summed E-state index contributed by atoms with van der Waals surface area (Å²) in [5.74, 6) is 0.417. The minimum atomic E-state index is -0.813. The fourth-order valence-corrected chi connectivity index (χ4v) is 3.47. The standard InChI is InChI=1S/C14H25N3O4/c1-10-8-14(9-10,12(15)16-20)13(19)17-4-2-11(3-5-17)21-7-6-18/h10-11,18,20H,2-9H2,1H3,(H2,15,16). The number of ether oxygens (including phenoxy) is 1. The molecule has 4 N–H and O–H groups in total. The average Bonchev–Trinajstić information content (AvgIpc) is 2.48. The van der Waals surface area contributed by atoms with Crippen LogP contribution in [-0.4, -0.2) is 59.4 Å². The van der Waals surface area contributed by atoms with E-state index in [9.17, 15) is 4.79 Å². The number of amides is 1. The first-order valence-corrected chi connectivity index (χ1v) is 7.53. The lowest BCUT2D eigenvalue weighted by Crippen LogP contribution is -2.59. The molecule has 0 aromatic rings. The molecular weight excluding hydrogens is 274 g/mol. The Labute approximate surface area is 124 Å². The average molecular weight is 299 g/mol. The number of carbonyl (C=O) groups is 1. The first kappa shape index (κ1) is 16.0. The van der Waals surface area contributed by atoms with Crippen molar-refractivity contribution >= 4 is 11.7 Å². The molecule has 1 aliphatic heterocycles. The van der Waals surface area contributed by atoms with Crippen LogP contribution in [-0.2, 0) is 9.53 Å². The number of nitrogens with two attached hydrogens (primary N) is 1. The molecule has 1 saturated carbocycles. The fourth-order valence-electron chi connectivity index (χ4n) is 3.47. The Bertz CT molecular complexity index is 399. The molecular formula is C14H25N3O4. The highest BCUT2D eigenvalue weighted by Gasteiger charge is 2.53. The van der Waals surface area contributed by atoms with E-state index in [0.717, 1.165) is 12.8 Å². The van der Waals surface area contributed by atoms with Crippen molar-refractivity contribution in [3.63, 3.8) is 0 Å². The van der Waals surface area contributed by atoms with Crippen molar-refractivity contribution in [1.29, 1.82) is 0 Å². The van der Waals surface area contributed by atoms with Crippen LogP contribution in [0.2, 0.25) is 0 Å². The quantitative estimate of drug-likeness (QED) is 0.290. The Morgan fingerprint density at radius 3 is 2.52 bits per heavy atom. The Morgan fingerprint density at radius 2 is 2.05 bits per heavy atom. The molecule has 0 spiro atoms. The molecule has 1 saturated heterocycles. The highest BCUT2D eigenvalue weighted by Crippen LogP contribution is 2.47. The summed E-state index contributed by atoms with van der Waals surface area (Å²) < 4.78 is 5.50. The molecule has 7 nitrogen and oxygen atoms in total. The monoisotopic (exact) mass is 299 g/mol. The number of nitrogens with zero attached hydrogens (tertiary/aromatic N) is 2. The van der Waals surface area contributed by atoms with Crippen molar-refractivity contribution in [3.8, 4) is 0 Å². The van der Waals surface area contributed by atoms with E-state index in [4.69, 9.17) is 20.8 Å². The number of carbonyl (C=O) groups excluding carboxylic acids is 1. The molecule has 1 amide bonds. The van der Waals surface area contributed by atoms with Gasteiger partial charge in [-0.1, -0.05) is 12.1 Å². The molecule has 1 heterocycles. The van der Waals surface area contributed by atoms with Gasteiger partial charge in [0.1, 0.15) is 5.41 Å². The number of likely N-dealkylation sites (tertiary alicyclic amines) is 1. The predicted octanol–water partition coefficient (Wildman–Crippen LogP) is 0.149. The molecule has 2 rings (SSSR count). The lowest BCUT2D eigenvalue weighted by molar-refractivity contribution is -0.147. The zero-order valence-corrected chi connectivity index (χ0v) is 12.5. The van der Waals surface area contributed by atoms with Crippen LogP contribution in [0.3, 0.4) is 0 Å². The summed E-state index contributed by atoms with van der Waals surface area (Å²) in [7, 11) is 0. The zero-order valence-electron chi connectivity index (χ0n) is 12.5. The van der Waals surface area contributed by atoms with Gasteiger partial charge in [0.25, 0.3) is 0 Å². The molecule has 2 fully saturated rings. The number of oxime groups is 1. The van der Waals surface area contributed by atoms with Crippen LogP contribution >= 0.6 is 0 Å². The maximum Gasteiger partial charge on any atom is 0.236 e. The summed E-state index contributed by atoms with van der Waals surface area (Å²) in [6.45, 7) is 3.65. The van der Waals surface area contributed by atoms with Gasteiger partial charge in [-0.3, -0.25) is 4.79 Å². The molecule has 0 radical (unpaired) electrons. The summed E-state index contributed by atoms with van der Waals surface area (Å²) in [6.07, 6.45) is 2.90. The summed E-state index contributed by atoms with van der Waals surface area (Å²) in [5, 5.41) is 20.8. The molecule has 0 bridgehead atoms. The highest BCUT2D eigenvalue weighted by atomic mass is 16.5. The van der Waals surface area contributed by atoms with Crippen LogP contribution in [0.5, 0.6) is 0 Å². The maximum atomic E-state index is 12.7. The highest BCUT2D eigenvalue weighted by molar-refractivity contribution is 6.07. The van der Waals surface area contributed by atoms with Crippen LogP contribution in [0, 0.1) is 11.3 Å². The van der Waals surface area contributed by atoms with Crippen LogP contribution in [0.1, 0.15) is 32.6 Å². The second kappa shape index (κ2) is 6.62. The second-order valence-corrected chi connectivity index (χ2v) is 6.17. The van der Waals surface area contributed by atoms with Crippen molar-refractivity contribution in [1.82, 2.24) is 4.90 Å². The first-order valence-electron chi connectivity index (χ1n) is 7.53. The minimum Gasteiger partial charge on any atom is -0.409 e. The van der Waals surface area contributed by atoms with E-state index in [1.807, 2.05) is 0 Å². The van der Waals surface area contributed by atoms with E-state index >= 15 is 0 Å². The van der Waals surface area contributed by atoms with Gasteiger partial charge in [-0.05, 0) is 31.6 Å². The van der Waals surface area contributed by atoms with Gasteiger partial charge in [0.15, 0.2) is 5.84 Å². The Kier molecular flexibility index (Phi) is 5.05. The molecule has 7 heteroatoms. The molecule has 21 heavy (non-hydrogen) atoms. The number of aliphatic hydroxyl groups is 1. The van der Waals surface area contributed by atoms with Gasteiger partial charge in [0.05, 0.1) is 19.3 Å². The number of rotatable bonds is 5. The molecule has 0 atom stereocenters. The smallest absolute Gasteiger partial charge is 0.236 e. The SMILES string of the molecule is CC1CC(C(=O)N2CCC(OCCO)CC2)(C(N)=NO)C1. The fraction of sp³-hybridized carbons (Fsp3) is 0.857. The normalized spacial score (nSPS) is 31.0. The Morgan fingerprint density at radius 1 is 1.43 bits per heavy atom. The number of hydrogen-bond acceptors (Lipinski definition) is 5. The van der Waals surface area contributed by atoms with Gasteiger partial charge >= 0.3 is 0 Å². The number of hydrogen-bond donors (Lipinski definition) is 3. The van der Waals surface area contributed by atoms with Crippen LogP contribution in [0.15, 0.2) is 5.16 Å². The number of amidine groups is 1. The third kappa shape index (κ3) is 3.13. The van der Waals surface area contributed by atoms with Crippen molar-refractivity contribution in [2.45, 2.75) is 38.7 Å². The first-order chi connectivity index (χ1) is 10.0. The van der Waals surface area contributed by atoms with Gasteiger partial charge in [-0.15, -0.1) is 0 Å². The van der Waals surface area contributed by atoms with E-state index in [0.29, 0.717) is 38.5 Å². The summed E-state index contributed by atoms with van der Waals surface area (Å²) in [6, 6.07) is 0. The lowest BCUT2D eigenvalue weighted by Gasteiger charge is -2.47. The predicted molar refractivity (Wildman–Crippen MR) is 76.9 cm³/mol. The van der Waals surface area contributed by atoms with E-state index in [-0.39, 0.29) is 24.5 Å². The number of piperidine rings is 1. The van der Waals surface area contributed by atoms with Crippen LogP contribution in [0.4, 0.5) is 0 Å². The van der Waals surface area contributed by atoms with Crippen molar-refractivity contribution in [2.75, 3.05) is 26.3 Å². The third-order valence-corrected chi connectivity index (χ3v) is 4.58. The maximum absolute atomic E-state index is 12.7. The van der Waals surface area contributed by atoms with E-state index in [1.165, 1.54) is 0 Å². The molecule has 120 valence electrons. The summed E-state index contributed by atoms with van der Waals surface area (Å²) in [4.78, 5) is 14.5. The van der Waals surface area contributed by atoms with Gasteiger partial charge in [0.2, 0.25) is 5.91 Å². The molecule has 2 aliphatic rings. The van der Waals surface area contributed by atoms with Gasteiger partial charge in [-0.25, -0.2) is 0 Å². The van der Waals surface area contributed by atoms with E-state index < -0.39 is 5.41 Å². The van der Waals surface area contributed by atoms with Crippen LogP contribution < -0.4 is 5.73 Å². The topological polar surface area (TPSA) is 108 Å². The number of aliphatic hydroxyl groups excluding tert-OH is 1. The largest absolute Gasteiger partial charge is 0.409 e. The Hall–Kier alpha value is -1.34. The Balaban J connectivity index is 1.94. The van der Waals surface area contributed by atoms with Crippen molar-refractivity contribution in [3.05, 3.63) is 0 Å². The zero-order chi connectivity index (χ0) is 15.5. The van der Waals surface area contributed by atoms with Gasteiger partial charge in [-0.2, -0.15) is 0 Å². The van der Waals surface area contributed by atoms with Gasteiger partial charge in [0, 0.05) is 13.1 Å². The minimum absolute atomic E-state index is 0.0175. The van der Waals surface area contributed by atoms with Crippen LogP contribution in [0.25, 0.3) is 0 Å². The molecule has 0 unspecified atom stereocenters. The molecule has 0 aromatic carbocycles. The van der Waals surface area contributed by atoms with Crippen molar-refractivity contribution in [2.24, 2.45) is 22.2 Å². The third-order valence-electron chi connectivity index (χ3n) is 4.58. The van der Waals surface area contributed by atoms with Crippen molar-refractivity contribution < 1.29 is 19.8 Å². The second-order valence-electron chi connectivity index (χ2n) is 6.17. The summed E-state index contributed by atoms with van der Waals surface area (Å²) >= 11 is 0. The molecule has 1 aliphatic carbocycles. The van der Waals surface area contributed by atoms with Gasteiger partial charge < -0.3 is 25.7 Å². The molecule has 0 aromatic heterocycles. The lowest BCUT2D eigenvalue weighted by atomic mass is 9.61.